The molecule has 0 fully saturated rings. The molecule has 0 bridgehead atoms. The van der Waals surface area contributed by atoms with E-state index >= 15 is 0 Å². The number of hydrogen-bond acceptors (Lipinski definition) is 8. The van der Waals surface area contributed by atoms with Gasteiger partial charge in [-0.2, -0.15) is 0 Å². The minimum Gasteiger partial charge on any atom is -0.684 e. The molecule has 0 amide bonds. The Balaban J connectivity index is 2.90. The molecule has 0 heterocycles. The second kappa shape index (κ2) is 6.33. The Kier molecular flexibility index (Phi) is 5.83. The van der Waals surface area contributed by atoms with Crippen LogP contribution >= 0.6 is 39.4 Å². The second-order valence-corrected chi connectivity index (χ2v) is 9.70. The van der Waals surface area contributed by atoms with Crippen molar-refractivity contribution >= 4 is 39.4 Å². The fraction of sp³-hybridized carbons (Fsp3) is 0.250. The zero-order valence-electron chi connectivity index (χ0n) is 9.13. The van der Waals surface area contributed by atoms with E-state index in [4.69, 9.17) is 9.79 Å². The number of rotatable bonds is 5. The van der Waals surface area contributed by atoms with Crippen LogP contribution < -0.4 is 19.6 Å². The Morgan fingerprint density at radius 2 is 1.44 bits per heavy atom. The van der Waals surface area contributed by atoms with E-state index in [1.54, 1.807) is 12.1 Å². The van der Waals surface area contributed by atoms with Crippen molar-refractivity contribution in [3.63, 3.8) is 0 Å². The normalized spacial score (nSPS) is 14.6. The maximum Gasteiger partial charge on any atom is 0.280 e. The Morgan fingerprint density at radius 1 is 1.00 bits per heavy atom. The monoisotopic (exact) mass is 328 g/mol. The highest BCUT2D eigenvalue weighted by Crippen LogP contribution is 2.66. The lowest BCUT2D eigenvalue weighted by Crippen LogP contribution is -2.42. The molecule has 1 aromatic rings. The first-order valence-corrected chi connectivity index (χ1v) is 9.92. The lowest BCUT2D eigenvalue weighted by molar-refractivity contribution is -0.427. The van der Waals surface area contributed by atoms with Gasteiger partial charge in [0.1, 0.15) is 0 Å². The van der Waals surface area contributed by atoms with E-state index in [1.165, 1.54) is 23.9 Å². The molecule has 0 saturated carbocycles. The van der Waals surface area contributed by atoms with Crippen LogP contribution in [0.1, 0.15) is 0 Å². The summed E-state index contributed by atoms with van der Waals surface area (Å²) in [5.74, 6) is 0. The Hall–Kier alpha value is 0.540. The molecule has 1 rings (SSSR count). The zero-order valence-corrected chi connectivity index (χ0v) is 12.5. The SMILES string of the molecule is CSc1ccc(SC([P+]([O-])([O-])[O-])[P+]([O-])(O)O)cc1. The van der Waals surface area contributed by atoms with Gasteiger partial charge in [-0.3, -0.25) is 0 Å². The standard InChI is InChI=1S/C8H12O6P2S2/c1-17-6-2-4-7(5-3-6)18-8(15(9,10)11)16(12,13)14/h2-5,8H,1H3,(H2,9,10,11)(H2,12,13,14)/p-2. The summed E-state index contributed by atoms with van der Waals surface area (Å²) in [6, 6.07) is 6.36. The molecule has 6 nitrogen and oxygen atoms in total. The molecule has 102 valence electrons. The van der Waals surface area contributed by atoms with E-state index < -0.39 is 20.6 Å². The molecular formula is C8H10O6P2S2-2. The third-order valence-electron chi connectivity index (χ3n) is 1.86. The van der Waals surface area contributed by atoms with Gasteiger partial charge >= 0.3 is 0 Å². The van der Waals surface area contributed by atoms with Crippen molar-refractivity contribution in [1.29, 1.82) is 0 Å². The van der Waals surface area contributed by atoms with Crippen molar-refractivity contribution in [3.05, 3.63) is 24.3 Å². The molecule has 18 heavy (non-hydrogen) atoms. The summed E-state index contributed by atoms with van der Waals surface area (Å²) >= 11 is 1.83. The third kappa shape index (κ3) is 4.90. The van der Waals surface area contributed by atoms with Crippen LogP contribution in [0.4, 0.5) is 0 Å². The quantitative estimate of drug-likeness (QED) is 0.505. The first kappa shape index (κ1) is 16.6. The summed E-state index contributed by atoms with van der Waals surface area (Å²) in [5, 5.41) is 0. The maximum absolute atomic E-state index is 11.0. The van der Waals surface area contributed by atoms with E-state index in [2.05, 4.69) is 0 Å². The fourth-order valence-corrected chi connectivity index (χ4v) is 5.31. The van der Waals surface area contributed by atoms with Gasteiger partial charge in [0.15, 0.2) is 0 Å². The predicted octanol–water partition coefficient (Wildman–Crippen LogP) is -1.26. The van der Waals surface area contributed by atoms with Crippen LogP contribution in [0, 0.1) is 0 Å². The van der Waals surface area contributed by atoms with Crippen molar-refractivity contribution in [1.82, 2.24) is 0 Å². The van der Waals surface area contributed by atoms with Gasteiger partial charge in [0.2, 0.25) is 4.73 Å². The van der Waals surface area contributed by atoms with Crippen LogP contribution in [0.5, 0.6) is 0 Å². The second-order valence-electron chi connectivity index (χ2n) is 3.25. The van der Waals surface area contributed by atoms with Gasteiger partial charge in [-0.05, 0) is 42.3 Å². The first-order valence-electron chi connectivity index (χ1n) is 4.52. The topological polar surface area (TPSA) is 133 Å². The van der Waals surface area contributed by atoms with Crippen LogP contribution in [0.25, 0.3) is 0 Å². The molecule has 0 saturated heterocycles. The van der Waals surface area contributed by atoms with Crippen molar-refractivity contribution in [3.8, 4) is 0 Å². The molecule has 0 radical (unpaired) electrons. The fourth-order valence-electron chi connectivity index (χ4n) is 1.09. The summed E-state index contributed by atoms with van der Waals surface area (Å²) in [5.41, 5.74) is 0. The van der Waals surface area contributed by atoms with E-state index in [-0.39, 0.29) is 0 Å². The lowest BCUT2D eigenvalue weighted by Gasteiger charge is -2.47. The number of benzene rings is 1. The molecule has 10 heteroatoms. The van der Waals surface area contributed by atoms with E-state index in [0.29, 0.717) is 16.7 Å². The van der Waals surface area contributed by atoms with Gasteiger partial charge in [-0.1, -0.05) is 0 Å². The molecule has 0 aliphatic carbocycles. The van der Waals surface area contributed by atoms with Gasteiger partial charge < -0.3 is 19.6 Å². The summed E-state index contributed by atoms with van der Waals surface area (Å²) in [6.45, 7) is 0. The average molecular weight is 328 g/mol. The van der Waals surface area contributed by atoms with E-state index in [1.807, 2.05) is 6.26 Å². The highest BCUT2D eigenvalue weighted by Gasteiger charge is 2.41. The van der Waals surface area contributed by atoms with Crippen LogP contribution in [0.3, 0.4) is 0 Å². The highest BCUT2D eigenvalue weighted by molar-refractivity contribution is 8.13. The van der Waals surface area contributed by atoms with Crippen LogP contribution in [0.2, 0.25) is 0 Å². The Labute approximate surface area is 114 Å². The van der Waals surface area contributed by atoms with Gasteiger partial charge in [-0.25, -0.2) is 9.79 Å². The van der Waals surface area contributed by atoms with Crippen LogP contribution in [-0.4, -0.2) is 20.8 Å². The molecule has 0 aliphatic rings. The highest BCUT2D eigenvalue weighted by atomic mass is 32.2. The summed E-state index contributed by atoms with van der Waals surface area (Å²) in [6.07, 6.45) is 1.85. The van der Waals surface area contributed by atoms with Crippen molar-refractivity contribution in [2.45, 2.75) is 14.5 Å². The van der Waals surface area contributed by atoms with Gasteiger partial charge in [0.05, 0.1) is 0 Å². The molecule has 0 aliphatic heterocycles. The minimum absolute atomic E-state index is 0.313. The van der Waals surface area contributed by atoms with Crippen LogP contribution in [-0.2, 0) is 0 Å². The maximum atomic E-state index is 11.0. The van der Waals surface area contributed by atoms with Crippen molar-refractivity contribution in [2.24, 2.45) is 0 Å². The average Bonchev–Trinajstić information content (AvgIpc) is 2.23. The predicted molar refractivity (Wildman–Crippen MR) is 66.1 cm³/mol. The number of hydrogen-bond donors (Lipinski definition) is 2. The first-order chi connectivity index (χ1) is 8.14. The van der Waals surface area contributed by atoms with Crippen molar-refractivity contribution in [2.75, 3.05) is 6.26 Å². The summed E-state index contributed by atoms with van der Waals surface area (Å²) < 4.78 is -2.29. The van der Waals surface area contributed by atoms with Gasteiger partial charge in [0.25, 0.3) is 7.94 Å². The number of thioether (sulfide) groups is 2. The largest absolute Gasteiger partial charge is 0.684 e. The summed E-state index contributed by atoms with van der Waals surface area (Å²) in [7, 11) is -10.4. The molecule has 1 atom stereocenters. The smallest absolute Gasteiger partial charge is 0.280 e. The molecule has 1 aromatic carbocycles. The summed E-state index contributed by atoms with van der Waals surface area (Å²) in [4.78, 5) is 62.6. The minimum atomic E-state index is -5.39. The molecular weight excluding hydrogens is 318 g/mol. The van der Waals surface area contributed by atoms with Gasteiger partial charge in [-0.15, -0.1) is 19.7 Å². The van der Waals surface area contributed by atoms with E-state index in [0.717, 1.165) is 4.90 Å². The Morgan fingerprint density at radius 3 is 1.78 bits per heavy atom. The Bertz CT molecular complexity index is 374. The molecule has 0 aromatic heterocycles. The lowest BCUT2D eigenvalue weighted by atomic mass is 10.4. The zero-order chi connectivity index (χ0) is 14.0. The third-order valence-corrected chi connectivity index (χ3v) is 8.46. The molecule has 0 spiro atoms. The molecule has 1 unspecified atom stereocenters. The molecule has 2 N–H and O–H groups in total. The van der Waals surface area contributed by atoms with Gasteiger partial charge in [0, 0.05) is 9.79 Å². The van der Waals surface area contributed by atoms with Crippen molar-refractivity contribution < 1.29 is 29.4 Å². The van der Waals surface area contributed by atoms with E-state index in [9.17, 15) is 19.6 Å². The van der Waals surface area contributed by atoms with Crippen LogP contribution in [0.15, 0.2) is 34.1 Å².